The molecule has 84 valence electrons. The zero-order chi connectivity index (χ0) is 11.4. The highest BCUT2D eigenvalue weighted by atomic mass is 16.5. The van der Waals surface area contributed by atoms with Gasteiger partial charge >= 0.3 is 0 Å². The molecule has 0 aromatic heterocycles. The average molecular weight is 217 g/mol. The third kappa shape index (κ3) is 2.24. The second-order valence-corrected chi connectivity index (χ2v) is 3.79. The number of benzene rings is 1. The Balaban J connectivity index is 2.02. The van der Waals surface area contributed by atoms with E-state index in [1.54, 1.807) is 6.08 Å². The van der Waals surface area contributed by atoms with Crippen LogP contribution in [-0.4, -0.2) is 18.6 Å². The highest BCUT2D eigenvalue weighted by molar-refractivity contribution is 5.81. The summed E-state index contributed by atoms with van der Waals surface area (Å²) in [5.74, 6) is 0.766. The third-order valence-corrected chi connectivity index (χ3v) is 2.63. The van der Waals surface area contributed by atoms with Gasteiger partial charge in [0.05, 0.1) is 0 Å². The van der Waals surface area contributed by atoms with E-state index in [2.05, 4.69) is 11.9 Å². The van der Waals surface area contributed by atoms with Crippen LogP contribution in [0.5, 0.6) is 5.75 Å². The molecule has 1 amide bonds. The highest BCUT2D eigenvalue weighted by Gasteiger charge is 2.25. The largest absolute Gasteiger partial charge is 0.480 e. The van der Waals surface area contributed by atoms with Crippen molar-refractivity contribution in [2.24, 2.45) is 0 Å². The predicted molar refractivity (Wildman–Crippen MR) is 62.4 cm³/mol. The molecular formula is C13H15NO2. The summed E-state index contributed by atoms with van der Waals surface area (Å²) in [6, 6.07) is 7.85. The number of aryl methyl sites for hydroxylation is 1. The van der Waals surface area contributed by atoms with Crippen molar-refractivity contribution in [2.45, 2.75) is 18.9 Å². The molecule has 3 nitrogen and oxygen atoms in total. The second kappa shape index (κ2) is 4.84. The van der Waals surface area contributed by atoms with Crippen LogP contribution in [-0.2, 0) is 11.2 Å². The van der Waals surface area contributed by atoms with Gasteiger partial charge in [-0.25, -0.2) is 0 Å². The van der Waals surface area contributed by atoms with Crippen LogP contribution in [0, 0.1) is 0 Å². The molecule has 0 radical (unpaired) electrons. The fourth-order valence-corrected chi connectivity index (χ4v) is 1.80. The lowest BCUT2D eigenvalue weighted by Gasteiger charge is -2.24. The Morgan fingerprint density at radius 2 is 2.38 bits per heavy atom. The molecular weight excluding hydrogens is 202 g/mol. The van der Waals surface area contributed by atoms with Gasteiger partial charge in [-0.15, -0.1) is 6.58 Å². The molecule has 0 bridgehead atoms. The van der Waals surface area contributed by atoms with Gasteiger partial charge in [-0.3, -0.25) is 4.79 Å². The van der Waals surface area contributed by atoms with Gasteiger partial charge in [0.15, 0.2) is 6.10 Å². The molecule has 2 rings (SSSR count). The molecule has 1 N–H and O–H groups in total. The topological polar surface area (TPSA) is 38.3 Å². The molecule has 1 aromatic carbocycles. The molecule has 3 heteroatoms. The fraction of sp³-hybridized carbons (Fsp3) is 0.308. The van der Waals surface area contributed by atoms with Crippen LogP contribution in [0.2, 0.25) is 0 Å². The minimum atomic E-state index is -0.366. The number of fused-ring (bicyclic) bond motifs is 1. The number of hydrogen-bond donors (Lipinski definition) is 1. The summed E-state index contributed by atoms with van der Waals surface area (Å²) in [5, 5.41) is 2.75. The summed E-state index contributed by atoms with van der Waals surface area (Å²) in [6.45, 7) is 4.04. The maximum absolute atomic E-state index is 11.7. The monoisotopic (exact) mass is 217 g/mol. The number of amides is 1. The first kappa shape index (κ1) is 10.7. The quantitative estimate of drug-likeness (QED) is 0.782. The summed E-state index contributed by atoms with van der Waals surface area (Å²) >= 11 is 0. The number of nitrogens with one attached hydrogen (secondary N) is 1. The normalized spacial score (nSPS) is 18.1. The summed E-state index contributed by atoms with van der Waals surface area (Å²) in [6.07, 6.45) is 2.92. The van der Waals surface area contributed by atoms with Crippen molar-refractivity contribution in [3.05, 3.63) is 42.5 Å². The summed E-state index contributed by atoms with van der Waals surface area (Å²) in [7, 11) is 0. The molecule has 0 saturated carbocycles. The maximum atomic E-state index is 11.7. The number of ether oxygens (including phenoxy) is 1. The Bertz CT molecular complexity index is 401. The number of carbonyl (C=O) groups is 1. The molecule has 1 atom stereocenters. The molecule has 0 unspecified atom stereocenters. The average Bonchev–Trinajstić information content (AvgIpc) is 2.35. The van der Waals surface area contributed by atoms with Gasteiger partial charge in [-0.1, -0.05) is 24.3 Å². The van der Waals surface area contributed by atoms with Crippen molar-refractivity contribution in [1.82, 2.24) is 5.32 Å². The molecule has 1 aliphatic heterocycles. The lowest BCUT2D eigenvalue weighted by atomic mass is 10.0. The van der Waals surface area contributed by atoms with Crippen molar-refractivity contribution in [3.63, 3.8) is 0 Å². The summed E-state index contributed by atoms with van der Waals surface area (Å²) in [5.41, 5.74) is 1.18. The van der Waals surface area contributed by atoms with Gasteiger partial charge in [0.1, 0.15) is 5.75 Å². The fourth-order valence-electron chi connectivity index (χ4n) is 1.80. The van der Waals surface area contributed by atoms with Crippen LogP contribution in [0.25, 0.3) is 0 Å². The van der Waals surface area contributed by atoms with Crippen molar-refractivity contribution in [1.29, 1.82) is 0 Å². The summed E-state index contributed by atoms with van der Waals surface area (Å²) in [4.78, 5) is 11.7. The van der Waals surface area contributed by atoms with E-state index in [-0.39, 0.29) is 12.0 Å². The molecule has 1 aromatic rings. The van der Waals surface area contributed by atoms with Gasteiger partial charge < -0.3 is 10.1 Å². The molecule has 0 saturated heterocycles. The first-order chi connectivity index (χ1) is 7.81. The Kier molecular flexibility index (Phi) is 3.25. The Labute approximate surface area is 95.1 Å². The lowest BCUT2D eigenvalue weighted by molar-refractivity contribution is -0.128. The van der Waals surface area contributed by atoms with Crippen LogP contribution < -0.4 is 10.1 Å². The number of rotatable bonds is 3. The van der Waals surface area contributed by atoms with Gasteiger partial charge in [-0.2, -0.15) is 0 Å². The van der Waals surface area contributed by atoms with Crippen LogP contribution >= 0.6 is 0 Å². The van der Waals surface area contributed by atoms with Gasteiger partial charge in [-0.05, 0) is 24.5 Å². The van der Waals surface area contributed by atoms with E-state index in [4.69, 9.17) is 4.74 Å². The lowest BCUT2D eigenvalue weighted by Crippen LogP contribution is -2.40. The maximum Gasteiger partial charge on any atom is 0.261 e. The van der Waals surface area contributed by atoms with Gasteiger partial charge in [0.25, 0.3) is 5.91 Å². The molecule has 0 aliphatic carbocycles. The minimum Gasteiger partial charge on any atom is -0.480 e. The van der Waals surface area contributed by atoms with Crippen LogP contribution in [0.15, 0.2) is 36.9 Å². The van der Waals surface area contributed by atoms with E-state index in [0.717, 1.165) is 18.6 Å². The molecule has 1 heterocycles. The molecule has 0 spiro atoms. The summed E-state index contributed by atoms with van der Waals surface area (Å²) < 4.78 is 5.64. The van der Waals surface area contributed by atoms with Crippen molar-refractivity contribution in [3.8, 4) is 5.75 Å². The first-order valence-corrected chi connectivity index (χ1v) is 5.44. The molecule has 0 fully saturated rings. The van der Waals surface area contributed by atoms with Gasteiger partial charge in [0, 0.05) is 6.54 Å². The Morgan fingerprint density at radius 3 is 3.19 bits per heavy atom. The Hall–Kier alpha value is -1.77. The number of hydrogen-bond acceptors (Lipinski definition) is 2. The van der Waals surface area contributed by atoms with Crippen LogP contribution in [0.1, 0.15) is 12.0 Å². The van der Waals surface area contributed by atoms with Crippen LogP contribution in [0.4, 0.5) is 0 Å². The van der Waals surface area contributed by atoms with E-state index in [1.165, 1.54) is 5.56 Å². The predicted octanol–water partition coefficient (Wildman–Crippen LogP) is 1.68. The smallest absolute Gasteiger partial charge is 0.261 e. The van der Waals surface area contributed by atoms with Crippen molar-refractivity contribution < 1.29 is 9.53 Å². The zero-order valence-corrected chi connectivity index (χ0v) is 9.11. The molecule has 1 aliphatic rings. The first-order valence-electron chi connectivity index (χ1n) is 5.44. The van der Waals surface area contributed by atoms with Gasteiger partial charge in [0.2, 0.25) is 0 Å². The second-order valence-electron chi connectivity index (χ2n) is 3.79. The number of carbonyl (C=O) groups excluding carboxylic acids is 1. The zero-order valence-electron chi connectivity index (χ0n) is 9.11. The highest BCUT2D eigenvalue weighted by Crippen LogP contribution is 2.26. The Morgan fingerprint density at radius 1 is 1.56 bits per heavy atom. The van der Waals surface area contributed by atoms with E-state index in [0.29, 0.717) is 6.54 Å². The third-order valence-electron chi connectivity index (χ3n) is 2.63. The van der Waals surface area contributed by atoms with E-state index in [9.17, 15) is 4.79 Å². The molecule has 16 heavy (non-hydrogen) atoms. The minimum absolute atomic E-state index is 0.0607. The van der Waals surface area contributed by atoms with Crippen LogP contribution in [0.3, 0.4) is 0 Å². The van der Waals surface area contributed by atoms with Crippen molar-refractivity contribution >= 4 is 5.91 Å². The van der Waals surface area contributed by atoms with E-state index in [1.807, 2.05) is 24.3 Å². The SMILES string of the molecule is C=CCNC(=O)[C@H]1CCc2ccccc2O1. The standard InChI is InChI=1S/C13H15NO2/c1-2-9-14-13(15)12-8-7-10-5-3-4-6-11(10)16-12/h2-6,12H,1,7-9H2,(H,14,15)/t12-/m1/s1. The van der Waals surface area contributed by atoms with E-state index < -0.39 is 0 Å². The number of para-hydroxylation sites is 1. The van der Waals surface area contributed by atoms with Crippen molar-refractivity contribution in [2.75, 3.05) is 6.54 Å². The van der Waals surface area contributed by atoms with E-state index >= 15 is 0 Å².